The summed E-state index contributed by atoms with van der Waals surface area (Å²) in [6, 6.07) is 1.72. The zero-order valence-corrected chi connectivity index (χ0v) is 19.1. The van der Waals surface area contributed by atoms with Crippen molar-refractivity contribution in [2.24, 2.45) is 0 Å². The molecule has 1 saturated carbocycles. The average molecular weight is 362 g/mol. The van der Waals surface area contributed by atoms with E-state index in [1.54, 1.807) is 0 Å². The standard InChI is InChI=1S/C16H39NO2Si3/c1-8-9-15-22(18-20(2,3)4,19-21(5,6)7)17-16-13-11-10-12-14-16/h16-17H,8-15H2,1-7H3. The van der Waals surface area contributed by atoms with Gasteiger partial charge in [-0.15, -0.1) is 0 Å². The Labute approximate surface area is 142 Å². The summed E-state index contributed by atoms with van der Waals surface area (Å²) >= 11 is 0. The molecule has 22 heavy (non-hydrogen) atoms. The molecule has 1 aliphatic carbocycles. The zero-order chi connectivity index (χ0) is 16.9. The number of unbranched alkanes of at least 4 members (excludes halogenated alkanes) is 1. The predicted octanol–water partition coefficient (Wildman–Crippen LogP) is 5.35. The first kappa shape index (κ1) is 20.6. The maximum atomic E-state index is 6.79. The third-order valence-corrected chi connectivity index (χ3v) is 13.2. The molecule has 0 aromatic rings. The maximum absolute atomic E-state index is 6.79. The number of nitrogens with one attached hydrogen (secondary N) is 1. The van der Waals surface area contributed by atoms with Crippen LogP contribution in [-0.2, 0) is 8.23 Å². The van der Waals surface area contributed by atoms with Crippen LogP contribution in [0.1, 0.15) is 51.9 Å². The monoisotopic (exact) mass is 361 g/mol. The molecule has 0 aromatic heterocycles. The highest BCUT2D eigenvalue weighted by Crippen LogP contribution is 2.27. The molecule has 0 aliphatic heterocycles. The molecule has 0 bridgehead atoms. The lowest BCUT2D eigenvalue weighted by Crippen LogP contribution is -2.66. The summed E-state index contributed by atoms with van der Waals surface area (Å²) in [5.41, 5.74) is 0. The lowest BCUT2D eigenvalue weighted by molar-refractivity contribution is 0.312. The Kier molecular flexibility index (Phi) is 8.02. The molecule has 132 valence electrons. The molecule has 0 aromatic carbocycles. The molecule has 1 aliphatic rings. The average Bonchev–Trinajstić information content (AvgIpc) is 2.33. The van der Waals surface area contributed by atoms with Gasteiger partial charge in [-0.05, 0) is 52.1 Å². The van der Waals surface area contributed by atoms with Gasteiger partial charge in [0.15, 0.2) is 16.6 Å². The van der Waals surface area contributed by atoms with E-state index < -0.39 is 25.4 Å². The number of hydrogen-bond acceptors (Lipinski definition) is 3. The van der Waals surface area contributed by atoms with Crippen LogP contribution in [0.25, 0.3) is 0 Å². The molecule has 0 unspecified atom stereocenters. The number of rotatable bonds is 9. The van der Waals surface area contributed by atoms with Crippen LogP contribution in [0.15, 0.2) is 0 Å². The third kappa shape index (κ3) is 8.40. The fourth-order valence-electron chi connectivity index (χ4n) is 3.21. The zero-order valence-electron chi connectivity index (χ0n) is 16.1. The number of hydrogen-bond donors (Lipinski definition) is 1. The molecule has 0 saturated heterocycles. The van der Waals surface area contributed by atoms with Gasteiger partial charge in [-0.25, -0.2) is 0 Å². The van der Waals surface area contributed by atoms with Gasteiger partial charge in [-0.1, -0.05) is 39.0 Å². The third-order valence-electron chi connectivity index (χ3n) is 3.83. The lowest BCUT2D eigenvalue weighted by atomic mass is 9.96. The highest BCUT2D eigenvalue weighted by molar-refractivity contribution is 6.87. The lowest BCUT2D eigenvalue weighted by Gasteiger charge is -2.43. The summed E-state index contributed by atoms with van der Waals surface area (Å²) in [7, 11) is -5.56. The molecule has 0 spiro atoms. The molecule has 3 nitrogen and oxygen atoms in total. The van der Waals surface area contributed by atoms with Gasteiger partial charge in [0.25, 0.3) is 0 Å². The molecule has 0 heterocycles. The van der Waals surface area contributed by atoms with Crippen molar-refractivity contribution in [3.8, 4) is 0 Å². The van der Waals surface area contributed by atoms with Crippen LogP contribution in [0.5, 0.6) is 0 Å². The minimum atomic E-state index is -2.30. The molecule has 0 amide bonds. The second-order valence-corrected chi connectivity index (χ2v) is 21.1. The summed E-state index contributed by atoms with van der Waals surface area (Å²) in [5.74, 6) is 0. The Morgan fingerprint density at radius 3 is 1.77 bits per heavy atom. The summed E-state index contributed by atoms with van der Waals surface area (Å²) in [5, 5.41) is 0. The van der Waals surface area contributed by atoms with Crippen molar-refractivity contribution in [1.29, 1.82) is 0 Å². The fourth-order valence-corrected chi connectivity index (χ4v) is 14.8. The summed E-state index contributed by atoms with van der Waals surface area (Å²) in [6.45, 7) is 16.1. The smallest absolute Gasteiger partial charge is 0.404 e. The maximum Gasteiger partial charge on any atom is 0.404 e. The normalized spacial score (nSPS) is 18.7. The van der Waals surface area contributed by atoms with E-state index in [9.17, 15) is 0 Å². The van der Waals surface area contributed by atoms with E-state index in [0.29, 0.717) is 6.04 Å². The van der Waals surface area contributed by atoms with Crippen molar-refractivity contribution in [2.45, 2.75) is 103 Å². The minimum absolute atomic E-state index is 0.616. The molecule has 0 atom stereocenters. The van der Waals surface area contributed by atoms with Crippen molar-refractivity contribution in [1.82, 2.24) is 4.98 Å². The second kappa shape index (κ2) is 8.58. The highest BCUT2D eigenvalue weighted by Gasteiger charge is 2.46. The Bertz CT molecular complexity index is 304. The van der Waals surface area contributed by atoms with Gasteiger partial charge in [0, 0.05) is 12.1 Å². The fraction of sp³-hybridized carbons (Fsp3) is 1.00. The Balaban J connectivity index is 2.94. The van der Waals surface area contributed by atoms with Gasteiger partial charge in [0.1, 0.15) is 0 Å². The van der Waals surface area contributed by atoms with Gasteiger partial charge in [0.05, 0.1) is 0 Å². The molecular formula is C16H39NO2Si3. The van der Waals surface area contributed by atoms with E-state index in [-0.39, 0.29) is 0 Å². The van der Waals surface area contributed by atoms with Crippen LogP contribution in [0.2, 0.25) is 45.3 Å². The molecule has 1 rings (SSSR count). The molecule has 1 fully saturated rings. The predicted molar refractivity (Wildman–Crippen MR) is 104 cm³/mol. The van der Waals surface area contributed by atoms with E-state index in [1.165, 1.54) is 44.9 Å². The van der Waals surface area contributed by atoms with Crippen LogP contribution in [0.4, 0.5) is 0 Å². The largest absolute Gasteiger partial charge is 0.425 e. The van der Waals surface area contributed by atoms with Crippen LogP contribution in [-0.4, -0.2) is 31.4 Å². The Morgan fingerprint density at radius 1 is 0.864 bits per heavy atom. The van der Waals surface area contributed by atoms with E-state index >= 15 is 0 Å². The van der Waals surface area contributed by atoms with E-state index in [2.05, 4.69) is 51.2 Å². The van der Waals surface area contributed by atoms with Crippen LogP contribution in [0.3, 0.4) is 0 Å². The van der Waals surface area contributed by atoms with Gasteiger partial charge in [-0.2, -0.15) is 0 Å². The topological polar surface area (TPSA) is 30.5 Å². The van der Waals surface area contributed by atoms with Crippen molar-refractivity contribution in [2.75, 3.05) is 0 Å². The highest BCUT2D eigenvalue weighted by atomic mass is 28.5. The minimum Gasteiger partial charge on any atom is -0.425 e. The van der Waals surface area contributed by atoms with Crippen molar-refractivity contribution >= 4 is 25.4 Å². The Morgan fingerprint density at radius 2 is 1.36 bits per heavy atom. The molecule has 1 N–H and O–H groups in total. The van der Waals surface area contributed by atoms with Crippen molar-refractivity contribution in [3.63, 3.8) is 0 Å². The summed E-state index contributed by atoms with van der Waals surface area (Å²) < 4.78 is 13.6. The summed E-state index contributed by atoms with van der Waals surface area (Å²) in [4.78, 5) is 3.98. The molecule has 6 heteroatoms. The van der Waals surface area contributed by atoms with Crippen molar-refractivity contribution in [3.05, 3.63) is 0 Å². The van der Waals surface area contributed by atoms with E-state index in [1.807, 2.05) is 0 Å². The quantitative estimate of drug-likeness (QED) is 0.561. The van der Waals surface area contributed by atoms with Crippen LogP contribution < -0.4 is 4.98 Å². The first-order chi connectivity index (χ1) is 10.1. The second-order valence-electron chi connectivity index (χ2n) is 8.76. The van der Waals surface area contributed by atoms with Crippen molar-refractivity contribution < 1.29 is 8.23 Å². The van der Waals surface area contributed by atoms with Crippen LogP contribution in [0, 0.1) is 0 Å². The molecule has 0 radical (unpaired) electrons. The SMILES string of the molecule is CCCC[Si](NC1CCCCC1)(O[Si](C)(C)C)O[Si](C)(C)C. The van der Waals surface area contributed by atoms with Crippen LogP contribution >= 0.6 is 0 Å². The van der Waals surface area contributed by atoms with Gasteiger partial charge in [-0.3, -0.25) is 4.98 Å². The van der Waals surface area contributed by atoms with E-state index in [0.717, 1.165) is 6.04 Å². The van der Waals surface area contributed by atoms with E-state index in [4.69, 9.17) is 8.23 Å². The molecular weight excluding hydrogens is 322 g/mol. The van der Waals surface area contributed by atoms with Gasteiger partial charge in [0.2, 0.25) is 0 Å². The summed E-state index contributed by atoms with van der Waals surface area (Å²) in [6.07, 6.45) is 9.12. The van der Waals surface area contributed by atoms with Gasteiger partial charge < -0.3 is 8.23 Å². The Hall–Kier alpha value is 0.531. The first-order valence-corrected chi connectivity index (χ1v) is 18.1. The first-order valence-electron chi connectivity index (χ1n) is 9.23. The van der Waals surface area contributed by atoms with Gasteiger partial charge >= 0.3 is 8.72 Å².